The van der Waals surface area contributed by atoms with Crippen LogP contribution in [0, 0.1) is 0 Å². The van der Waals surface area contributed by atoms with E-state index in [-0.39, 0.29) is 27.1 Å². The Labute approximate surface area is 538 Å². The molecule has 0 amide bonds. The summed E-state index contributed by atoms with van der Waals surface area (Å²) in [6.45, 7) is 35.5. The van der Waals surface area contributed by atoms with Crippen molar-refractivity contribution >= 4 is 55.9 Å². The summed E-state index contributed by atoms with van der Waals surface area (Å²) < 4.78 is 5.68. The lowest BCUT2D eigenvalue weighted by Gasteiger charge is -2.42. The minimum Gasteiger partial charge on any atom is -0.266 e. The fourth-order valence-electron chi connectivity index (χ4n) is 15.6. The summed E-state index contributed by atoms with van der Waals surface area (Å²) in [5, 5.41) is 2.49. The van der Waals surface area contributed by atoms with Crippen LogP contribution in [0.3, 0.4) is 0 Å². The molecule has 10 aromatic carbocycles. The molecule has 4 aliphatic heterocycles. The first-order valence-corrected chi connectivity index (χ1v) is 32.9. The van der Waals surface area contributed by atoms with E-state index < -0.39 is 6.29 Å². The molecule has 0 N–H and O–H groups in total. The van der Waals surface area contributed by atoms with Gasteiger partial charge in [0.2, 0.25) is 16.9 Å². The monoisotopic (exact) mass is 1190 g/mol. The summed E-state index contributed by atoms with van der Waals surface area (Å²) >= 11 is 0. The number of quaternary nitrogens is 1. The first-order valence-electron chi connectivity index (χ1n) is 32.9. The van der Waals surface area contributed by atoms with E-state index in [9.17, 15) is 0 Å². The SMILES string of the molecule is CC(C)(C)c1cc(-c2cccc(-c3cc(C(C)(C)C)cc(C(C)(C)C)c3)c2N2c3ccccc3N3c4cccc5c4[N+]4(c6c(ccc7c8ccccc8n(c67)-c6cc(C(C)(C)C)cc[n+]64)-c4cc(-c6ccccc6)c(-c6ccccc6)cc4-5)C32)cc(C(C)(C)C)c1. The molecule has 4 aliphatic rings. The molecule has 0 saturated heterocycles. The minimum atomic E-state index is -0.453. The minimum absolute atomic E-state index is 0.120. The lowest BCUT2D eigenvalue weighted by atomic mass is 9.77. The van der Waals surface area contributed by atoms with Crippen LogP contribution in [-0.4, -0.2) is 10.9 Å². The average Bonchev–Trinajstić information content (AvgIpc) is 1.48. The highest BCUT2D eigenvalue weighted by Crippen LogP contribution is 2.69. The highest BCUT2D eigenvalue weighted by molar-refractivity contribution is 6.20. The predicted octanol–water partition coefficient (Wildman–Crippen LogP) is 22.9. The molecule has 2 unspecified atom stereocenters. The zero-order valence-electron chi connectivity index (χ0n) is 55.7. The van der Waals surface area contributed by atoms with Gasteiger partial charge >= 0.3 is 12.1 Å². The largest absolute Gasteiger partial charge is 0.338 e. The number of hydrogen-bond donors (Lipinski definition) is 0. The number of pyridine rings is 1. The lowest BCUT2D eigenvalue weighted by molar-refractivity contribution is -0.794. The molecule has 1 spiro atoms. The second-order valence-corrected chi connectivity index (χ2v) is 31.5. The van der Waals surface area contributed by atoms with Crippen molar-refractivity contribution in [2.45, 2.75) is 137 Å². The highest BCUT2D eigenvalue weighted by Gasteiger charge is 2.71. The van der Waals surface area contributed by atoms with E-state index in [0.29, 0.717) is 4.59 Å². The van der Waals surface area contributed by atoms with E-state index >= 15 is 0 Å². The summed E-state index contributed by atoms with van der Waals surface area (Å²) in [7, 11) is 0. The lowest BCUT2D eigenvalue weighted by Crippen LogP contribution is -2.78. The first-order chi connectivity index (χ1) is 43.3. The fourth-order valence-corrected chi connectivity index (χ4v) is 15.6. The fraction of sp³-hybridized carbons (Fsp3) is 0.244. The molecule has 12 aromatic rings. The molecular weight excluding hydrogens is 1100 g/mol. The Balaban J connectivity index is 1.13. The number of benzene rings is 10. The third kappa shape index (κ3) is 8.35. The predicted molar refractivity (Wildman–Crippen MR) is 385 cm³/mol. The third-order valence-electron chi connectivity index (χ3n) is 20.4. The van der Waals surface area contributed by atoms with Crippen molar-refractivity contribution in [2.75, 3.05) is 9.80 Å². The molecule has 5 heteroatoms. The van der Waals surface area contributed by atoms with Crippen LogP contribution >= 0.6 is 0 Å². The zero-order chi connectivity index (χ0) is 63.2. The van der Waals surface area contributed by atoms with Crippen molar-refractivity contribution < 1.29 is 4.68 Å². The van der Waals surface area contributed by atoms with Crippen LogP contribution in [-0.2, 0) is 27.1 Å². The molecule has 2 aromatic heterocycles. The van der Waals surface area contributed by atoms with Crippen molar-refractivity contribution in [3.05, 3.63) is 252 Å². The quantitative estimate of drug-likeness (QED) is 0.126. The van der Waals surface area contributed by atoms with Gasteiger partial charge in [0.1, 0.15) is 11.2 Å². The molecule has 0 aliphatic carbocycles. The number of anilines is 4. The average molecular weight is 1190 g/mol. The summed E-state index contributed by atoms with van der Waals surface area (Å²) in [6, 6.07) is 85.1. The van der Waals surface area contributed by atoms with E-state index in [1.807, 2.05) is 0 Å². The third-order valence-corrected chi connectivity index (χ3v) is 20.4. The van der Waals surface area contributed by atoms with Gasteiger partial charge in [-0.2, -0.15) is 4.57 Å². The Bertz CT molecular complexity index is 4870. The van der Waals surface area contributed by atoms with Gasteiger partial charge in [-0.3, -0.25) is 9.80 Å². The maximum Gasteiger partial charge on any atom is 0.338 e. The Kier molecular flexibility index (Phi) is 12.1. The molecule has 0 saturated carbocycles. The van der Waals surface area contributed by atoms with Gasteiger partial charge in [0.05, 0.1) is 28.2 Å². The number of nitrogens with zero attached hydrogens (tertiary/aromatic N) is 5. The number of hydrogen-bond acceptors (Lipinski definition) is 2. The molecule has 0 bridgehead atoms. The Morgan fingerprint density at radius 2 is 0.769 bits per heavy atom. The molecular formula is C86H83N5+2. The smallest absolute Gasteiger partial charge is 0.266 e. The van der Waals surface area contributed by atoms with Crippen LogP contribution < -0.4 is 19.1 Å². The van der Waals surface area contributed by atoms with Crippen LogP contribution in [0.4, 0.5) is 34.1 Å². The zero-order valence-corrected chi connectivity index (χ0v) is 55.7. The van der Waals surface area contributed by atoms with Crippen molar-refractivity contribution in [1.82, 2.24) is 9.16 Å². The van der Waals surface area contributed by atoms with Gasteiger partial charge in [-0.05, 0) is 175 Å². The maximum absolute atomic E-state index is 2.83. The van der Waals surface area contributed by atoms with E-state index in [1.54, 1.807) is 0 Å². The molecule has 6 heterocycles. The number of para-hydroxylation sites is 5. The van der Waals surface area contributed by atoms with Crippen LogP contribution in [0.25, 0.3) is 94.4 Å². The first kappa shape index (κ1) is 56.9. The number of rotatable bonds is 5. The molecule has 450 valence electrons. The highest BCUT2D eigenvalue weighted by atomic mass is 15.8. The number of aromatic nitrogens is 2. The Hall–Kier alpha value is -9.29. The van der Waals surface area contributed by atoms with Gasteiger partial charge in [-0.15, -0.1) is 0 Å². The van der Waals surface area contributed by atoms with E-state index in [0.717, 1.165) is 5.82 Å². The Morgan fingerprint density at radius 1 is 0.319 bits per heavy atom. The van der Waals surface area contributed by atoms with Crippen molar-refractivity contribution in [1.29, 1.82) is 0 Å². The van der Waals surface area contributed by atoms with Crippen LogP contribution in [0.15, 0.2) is 225 Å². The summed E-state index contributed by atoms with van der Waals surface area (Å²) in [5.74, 6) is 1.14. The molecule has 0 fully saturated rings. The molecule has 5 nitrogen and oxygen atoms in total. The van der Waals surface area contributed by atoms with E-state index in [2.05, 4.69) is 347 Å². The van der Waals surface area contributed by atoms with Gasteiger partial charge in [0.15, 0.2) is 6.20 Å². The number of fused-ring (bicyclic) bond motifs is 12. The standard InChI is InChI=1S/C86H83N5/c1-82(2,3)57-42-43-87-76(50-57)89-72-36-23-22-32-64(72)65-40-41-67-71-52-69(54-30-20-17-21-31-54)68(53-28-18-16-19-29-53)51-70(71)66-35-27-39-75-79(66)91(87,80(67)78(65)89)81-88(75)73-37-24-25-38-74(73)90(81)77-62(55-44-58(83(4,5)6)48-59(45-55)84(7,8)9)33-26-34-63(77)56-46-60(85(10,11)12)49-61(47-56)86(13,14)15/h16-52,81H,1-15H3/q+2. The van der Waals surface area contributed by atoms with E-state index in [1.165, 1.54) is 151 Å². The van der Waals surface area contributed by atoms with Gasteiger partial charge in [-0.1, -0.05) is 249 Å². The van der Waals surface area contributed by atoms with Gasteiger partial charge in [-0.25, -0.2) is 0 Å². The van der Waals surface area contributed by atoms with Crippen molar-refractivity contribution in [2.24, 2.45) is 0 Å². The second-order valence-electron chi connectivity index (χ2n) is 31.5. The Morgan fingerprint density at radius 3 is 1.30 bits per heavy atom. The van der Waals surface area contributed by atoms with Gasteiger partial charge in [0.25, 0.3) is 0 Å². The normalized spacial score (nSPS) is 16.4. The van der Waals surface area contributed by atoms with Crippen LogP contribution in [0.1, 0.15) is 132 Å². The molecule has 16 rings (SSSR count). The van der Waals surface area contributed by atoms with Gasteiger partial charge in [0, 0.05) is 28.0 Å². The van der Waals surface area contributed by atoms with Gasteiger partial charge < -0.3 is 0 Å². The molecule has 91 heavy (non-hydrogen) atoms. The summed E-state index contributed by atoms with van der Waals surface area (Å²) in [4.78, 5) is 5.59. The van der Waals surface area contributed by atoms with Crippen molar-refractivity contribution in [3.8, 4) is 72.6 Å². The van der Waals surface area contributed by atoms with E-state index in [4.69, 9.17) is 0 Å². The maximum atomic E-state index is 2.83. The molecule has 2 atom stereocenters. The molecule has 0 radical (unpaired) electrons. The topological polar surface area (TPSA) is 15.3 Å². The second kappa shape index (κ2) is 19.4. The summed E-state index contributed by atoms with van der Waals surface area (Å²) in [5.41, 5.74) is 30.2. The van der Waals surface area contributed by atoms with Crippen LogP contribution in [0.2, 0.25) is 0 Å². The van der Waals surface area contributed by atoms with Crippen molar-refractivity contribution in [3.63, 3.8) is 0 Å². The summed E-state index contributed by atoms with van der Waals surface area (Å²) in [6.07, 6.45) is 2.02. The van der Waals surface area contributed by atoms with Crippen LogP contribution in [0.5, 0.6) is 0 Å².